The van der Waals surface area contributed by atoms with Gasteiger partial charge in [-0.15, -0.1) is 0 Å². The molecule has 0 bridgehead atoms. The average Bonchev–Trinajstić information content (AvgIpc) is 2.91. The van der Waals surface area contributed by atoms with Gasteiger partial charge in [-0.2, -0.15) is 16.4 Å². The number of halogens is 1. The molecule has 1 heterocycles. The van der Waals surface area contributed by atoms with Gasteiger partial charge in [-0.25, -0.2) is 5.43 Å². The number of methoxy groups -OCH3 is 1. The Labute approximate surface area is 123 Å². The summed E-state index contributed by atoms with van der Waals surface area (Å²) in [5.74, 6) is 0.191. The number of ether oxygens (including phenoxy) is 1. The topological polar surface area (TPSA) is 50.7 Å². The van der Waals surface area contributed by atoms with Crippen LogP contribution in [-0.2, 0) is 0 Å². The third-order valence-electron chi connectivity index (χ3n) is 2.33. The van der Waals surface area contributed by atoms with Crippen molar-refractivity contribution in [3.63, 3.8) is 0 Å². The number of carbonyl (C=O) groups excluding carboxylic acids is 1. The zero-order chi connectivity index (χ0) is 13.7. The van der Waals surface area contributed by atoms with Gasteiger partial charge in [0, 0.05) is 10.0 Å². The van der Waals surface area contributed by atoms with Gasteiger partial charge < -0.3 is 4.74 Å². The Morgan fingerprint density at radius 1 is 1.47 bits per heavy atom. The second-order valence-corrected chi connectivity index (χ2v) is 5.30. The Balaban J connectivity index is 2.09. The molecule has 1 aromatic heterocycles. The van der Waals surface area contributed by atoms with Crippen LogP contribution >= 0.6 is 27.3 Å². The van der Waals surface area contributed by atoms with Crippen molar-refractivity contribution in [2.45, 2.75) is 0 Å². The number of thiophene rings is 1. The van der Waals surface area contributed by atoms with Crippen LogP contribution < -0.4 is 10.2 Å². The lowest BCUT2D eigenvalue weighted by Crippen LogP contribution is -2.18. The van der Waals surface area contributed by atoms with E-state index in [0.29, 0.717) is 11.3 Å². The summed E-state index contributed by atoms with van der Waals surface area (Å²) >= 11 is 4.89. The molecule has 19 heavy (non-hydrogen) atoms. The lowest BCUT2D eigenvalue weighted by atomic mass is 10.2. The fourth-order valence-electron chi connectivity index (χ4n) is 1.43. The predicted octanol–water partition coefficient (Wildman–Crippen LogP) is 3.28. The van der Waals surface area contributed by atoms with Crippen molar-refractivity contribution in [2.24, 2.45) is 5.10 Å². The first-order valence-electron chi connectivity index (χ1n) is 5.40. The normalized spacial score (nSPS) is 10.6. The predicted molar refractivity (Wildman–Crippen MR) is 80.1 cm³/mol. The summed E-state index contributed by atoms with van der Waals surface area (Å²) < 4.78 is 5.95. The van der Waals surface area contributed by atoms with E-state index in [1.807, 2.05) is 22.9 Å². The van der Waals surface area contributed by atoms with E-state index in [0.717, 1.165) is 10.0 Å². The minimum absolute atomic E-state index is 0.315. The molecule has 0 saturated heterocycles. The van der Waals surface area contributed by atoms with Crippen LogP contribution in [-0.4, -0.2) is 19.2 Å². The molecule has 0 unspecified atom stereocenters. The summed E-state index contributed by atoms with van der Waals surface area (Å²) in [6.07, 6.45) is 1.60. The van der Waals surface area contributed by atoms with Crippen LogP contribution in [0.15, 0.2) is 44.6 Å². The number of rotatable bonds is 4. The first-order valence-corrected chi connectivity index (χ1v) is 7.13. The Hall–Kier alpha value is -1.66. The molecule has 0 radical (unpaired) electrons. The monoisotopic (exact) mass is 338 g/mol. The number of nitrogens with one attached hydrogen (secondary N) is 1. The van der Waals surface area contributed by atoms with Crippen molar-refractivity contribution < 1.29 is 9.53 Å². The molecule has 2 rings (SSSR count). The van der Waals surface area contributed by atoms with Crippen LogP contribution in [0.3, 0.4) is 0 Å². The average molecular weight is 339 g/mol. The largest absolute Gasteiger partial charge is 0.496 e. The van der Waals surface area contributed by atoms with Gasteiger partial charge in [0.1, 0.15) is 5.75 Å². The Morgan fingerprint density at radius 3 is 3.00 bits per heavy atom. The smallest absolute Gasteiger partial charge is 0.275 e. The highest BCUT2D eigenvalue weighted by molar-refractivity contribution is 9.10. The van der Waals surface area contributed by atoms with E-state index in [-0.39, 0.29) is 5.91 Å². The first-order chi connectivity index (χ1) is 9.20. The van der Waals surface area contributed by atoms with Crippen LogP contribution in [0.4, 0.5) is 0 Å². The molecule has 4 nitrogen and oxygen atoms in total. The molecule has 0 aliphatic heterocycles. The first kappa shape index (κ1) is 13.8. The maximum absolute atomic E-state index is 12.0. The molecule has 0 atom stereocenters. The van der Waals surface area contributed by atoms with Gasteiger partial charge in [-0.3, -0.25) is 4.79 Å². The highest BCUT2D eigenvalue weighted by Crippen LogP contribution is 2.22. The third-order valence-corrected chi connectivity index (χ3v) is 3.52. The van der Waals surface area contributed by atoms with Crippen LogP contribution in [0, 0.1) is 0 Å². The molecule has 2 aromatic rings. The Morgan fingerprint density at radius 2 is 2.32 bits per heavy atom. The highest BCUT2D eigenvalue weighted by Gasteiger charge is 2.11. The molecular weight excluding hydrogens is 328 g/mol. The van der Waals surface area contributed by atoms with Crippen molar-refractivity contribution >= 4 is 39.4 Å². The van der Waals surface area contributed by atoms with Crippen molar-refractivity contribution in [3.8, 4) is 5.75 Å². The lowest BCUT2D eigenvalue weighted by Gasteiger charge is -2.07. The number of nitrogens with zero attached hydrogens (tertiary/aromatic N) is 1. The summed E-state index contributed by atoms with van der Waals surface area (Å²) in [5.41, 5.74) is 3.85. The molecule has 0 saturated carbocycles. The zero-order valence-electron chi connectivity index (χ0n) is 10.1. The van der Waals surface area contributed by atoms with E-state index in [2.05, 4.69) is 26.5 Å². The zero-order valence-corrected chi connectivity index (χ0v) is 12.5. The number of hydrogen-bond donors (Lipinski definition) is 1. The van der Waals surface area contributed by atoms with Crippen molar-refractivity contribution in [3.05, 3.63) is 50.6 Å². The molecule has 6 heteroatoms. The highest BCUT2D eigenvalue weighted by atomic mass is 79.9. The van der Waals surface area contributed by atoms with E-state index >= 15 is 0 Å². The second kappa shape index (κ2) is 6.49. The number of amides is 1. The van der Waals surface area contributed by atoms with Gasteiger partial charge in [0.25, 0.3) is 5.91 Å². The number of benzene rings is 1. The SMILES string of the molecule is COc1ccc(Br)cc1C(=O)N/N=C\c1ccsc1. The number of hydrazone groups is 1. The molecule has 98 valence electrons. The third kappa shape index (κ3) is 3.65. The summed E-state index contributed by atoms with van der Waals surface area (Å²) in [5, 5.41) is 7.79. The van der Waals surface area contributed by atoms with Crippen LogP contribution in [0.5, 0.6) is 5.75 Å². The van der Waals surface area contributed by atoms with Gasteiger partial charge in [0.05, 0.1) is 18.9 Å². The maximum atomic E-state index is 12.0. The van der Waals surface area contributed by atoms with Crippen molar-refractivity contribution in [2.75, 3.05) is 7.11 Å². The minimum Gasteiger partial charge on any atom is -0.496 e. The molecule has 1 aromatic carbocycles. The summed E-state index contributed by atoms with van der Waals surface area (Å²) in [7, 11) is 1.52. The van der Waals surface area contributed by atoms with Gasteiger partial charge in [0.15, 0.2) is 0 Å². The van der Waals surface area contributed by atoms with E-state index in [9.17, 15) is 4.79 Å². The van der Waals surface area contributed by atoms with Crippen LogP contribution in [0.25, 0.3) is 0 Å². The van der Waals surface area contributed by atoms with Crippen LogP contribution in [0.2, 0.25) is 0 Å². The molecule has 0 fully saturated rings. The Bertz CT molecular complexity index is 597. The van der Waals surface area contributed by atoms with E-state index < -0.39 is 0 Å². The number of carbonyl (C=O) groups is 1. The molecule has 0 aliphatic rings. The van der Waals surface area contributed by atoms with Gasteiger partial charge in [-0.05, 0) is 35.0 Å². The van der Waals surface area contributed by atoms with Gasteiger partial charge in [0.2, 0.25) is 0 Å². The summed E-state index contributed by atoms with van der Waals surface area (Å²) in [4.78, 5) is 12.0. The van der Waals surface area contributed by atoms with Gasteiger partial charge >= 0.3 is 0 Å². The quantitative estimate of drug-likeness (QED) is 0.687. The van der Waals surface area contributed by atoms with E-state index in [1.54, 1.807) is 29.7 Å². The van der Waals surface area contributed by atoms with Crippen LogP contribution in [0.1, 0.15) is 15.9 Å². The molecule has 0 aliphatic carbocycles. The van der Waals surface area contributed by atoms with Gasteiger partial charge in [-0.1, -0.05) is 15.9 Å². The molecule has 1 N–H and O–H groups in total. The minimum atomic E-state index is -0.315. The fourth-order valence-corrected chi connectivity index (χ4v) is 2.40. The van der Waals surface area contributed by atoms with Crippen molar-refractivity contribution in [1.29, 1.82) is 0 Å². The molecule has 1 amide bonds. The second-order valence-electron chi connectivity index (χ2n) is 3.60. The lowest BCUT2D eigenvalue weighted by molar-refractivity contribution is 0.0952. The van der Waals surface area contributed by atoms with E-state index in [1.165, 1.54) is 7.11 Å². The fraction of sp³-hybridized carbons (Fsp3) is 0.0769. The molecular formula is C13H11BrN2O2S. The molecule has 0 spiro atoms. The number of hydrogen-bond acceptors (Lipinski definition) is 4. The Kier molecular flexibility index (Phi) is 4.70. The van der Waals surface area contributed by atoms with Crippen molar-refractivity contribution in [1.82, 2.24) is 5.43 Å². The van der Waals surface area contributed by atoms with E-state index in [4.69, 9.17) is 4.74 Å². The summed E-state index contributed by atoms with van der Waals surface area (Å²) in [6, 6.07) is 7.14. The summed E-state index contributed by atoms with van der Waals surface area (Å²) in [6.45, 7) is 0. The standard InChI is InChI=1S/C13H11BrN2O2S/c1-18-12-3-2-10(14)6-11(12)13(17)16-15-7-9-4-5-19-8-9/h2-8H,1H3,(H,16,17)/b15-7-. The maximum Gasteiger partial charge on any atom is 0.275 e.